The Labute approximate surface area is 191 Å². The van der Waals surface area contributed by atoms with Crippen LogP contribution in [-0.4, -0.2) is 22.8 Å². The number of anilines is 1. The van der Waals surface area contributed by atoms with Crippen molar-refractivity contribution in [3.63, 3.8) is 0 Å². The molecule has 1 atom stereocenters. The summed E-state index contributed by atoms with van der Waals surface area (Å²) in [4.78, 5) is 32.7. The maximum atomic E-state index is 13.7. The van der Waals surface area contributed by atoms with Crippen molar-refractivity contribution in [2.24, 2.45) is 0 Å². The van der Waals surface area contributed by atoms with Gasteiger partial charge in [-0.05, 0) is 66.9 Å². The third-order valence-electron chi connectivity index (χ3n) is 5.85. The summed E-state index contributed by atoms with van der Waals surface area (Å²) in [6, 6.07) is 14.7. The predicted octanol–water partition coefficient (Wildman–Crippen LogP) is 5.20. The van der Waals surface area contributed by atoms with E-state index in [0.717, 1.165) is 32.1 Å². The number of halogens is 2. The fourth-order valence-corrected chi connectivity index (χ4v) is 4.19. The maximum Gasteiger partial charge on any atom is 0.277 e. The normalized spacial score (nSPS) is 15.0. The number of hydrogen-bond acceptors (Lipinski definition) is 3. The summed E-state index contributed by atoms with van der Waals surface area (Å²) in [7, 11) is 0. The lowest BCUT2D eigenvalue weighted by Crippen LogP contribution is -2.47. The van der Waals surface area contributed by atoms with Gasteiger partial charge in [0.15, 0.2) is 0 Å². The Morgan fingerprint density at radius 3 is 2.12 bits per heavy atom. The molecule has 1 saturated carbocycles. The molecule has 2 amide bonds. The van der Waals surface area contributed by atoms with Crippen molar-refractivity contribution in [3.05, 3.63) is 95.8 Å². The molecule has 170 valence electrons. The minimum atomic E-state index is -1.09. The van der Waals surface area contributed by atoms with Crippen LogP contribution in [0.15, 0.2) is 72.9 Å². The number of carbonyl (C=O) groups excluding carboxylic acids is 2. The molecule has 2 aromatic carbocycles. The Morgan fingerprint density at radius 1 is 0.879 bits per heavy atom. The molecule has 1 aliphatic rings. The molecule has 33 heavy (non-hydrogen) atoms. The van der Waals surface area contributed by atoms with E-state index < -0.39 is 23.6 Å². The molecule has 0 bridgehead atoms. The second-order valence-corrected chi connectivity index (χ2v) is 8.16. The van der Waals surface area contributed by atoms with E-state index in [4.69, 9.17) is 0 Å². The average molecular weight is 450 g/mol. The second kappa shape index (κ2) is 10.3. The van der Waals surface area contributed by atoms with E-state index in [-0.39, 0.29) is 17.6 Å². The molecule has 5 nitrogen and oxygen atoms in total. The second-order valence-electron chi connectivity index (χ2n) is 8.16. The number of aromatic nitrogens is 1. The van der Waals surface area contributed by atoms with Gasteiger partial charge < -0.3 is 5.32 Å². The third-order valence-corrected chi connectivity index (χ3v) is 5.85. The molecular weight excluding hydrogens is 424 g/mol. The van der Waals surface area contributed by atoms with Gasteiger partial charge in [-0.15, -0.1) is 0 Å². The van der Waals surface area contributed by atoms with Crippen molar-refractivity contribution in [3.8, 4) is 0 Å². The largest absolute Gasteiger partial charge is 0.351 e. The first kappa shape index (κ1) is 22.6. The topological polar surface area (TPSA) is 62.3 Å². The Kier molecular flexibility index (Phi) is 7.07. The van der Waals surface area contributed by atoms with E-state index in [9.17, 15) is 18.4 Å². The van der Waals surface area contributed by atoms with Crippen LogP contribution < -0.4 is 10.2 Å². The van der Waals surface area contributed by atoms with Gasteiger partial charge >= 0.3 is 0 Å². The number of benzene rings is 2. The number of hydrogen-bond donors (Lipinski definition) is 1. The van der Waals surface area contributed by atoms with Gasteiger partial charge in [-0.1, -0.05) is 37.5 Å². The number of pyridine rings is 1. The number of nitrogens with one attached hydrogen (secondary N) is 1. The highest BCUT2D eigenvalue weighted by molar-refractivity contribution is 6.09. The lowest BCUT2D eigenvalue weighted by Gasteiger charge is -2.33. The summed E-state index contributed by atoms with van der Waals surface area (Å²) in [5.41, 5.74) is 0.915. The zero-order valence-electron chi connectivity index (χ0n) is 18.1. The molecule has 1 heterocycles. The van der Waals surface area contributed by atoms with Crippen LogP contribution in [0.4, 0.5) is 14.5 Å². The average Bonchev–Trinajstić information content (AvgIpc) is 2.85. The van der Waals surface area contributed by atoms with Crippen LogP contribution in [0.2, 0.25) is 0 Å². The van der Waals surface area contributed by atoms with E-state index in [1.165, 1.54) is 59.6 Å². The minimum Gasteiger partial charge on any atom is -0.351 e. The molecule has 1 N–H and O–H groups in total. The van der Waals surface area contributed by atoms with Gasteiger partial charge in [0, 0.05) is 17.9 Å². The molecular formula is C26H25F2N3O2. The van der Waals surface area contributed by atoms with E-state index in [1.807, 2.05) is 0 Å². The number of carbonyl (C=O) groups is 2. The Balaban J connectivity index is 1.79. The highest BCUT2D eigenvalue weighted by Crippen LogP contribution is 2.31. The Hall–Kier alpha value is -3.61. The summed E-state index contributed by atoms with van der Waals surface area (Å²) in [5, 5.41) is 3.08. The van der Waals surface area contributed by atoms with Crippen molar-refractivity contribution < 1.29 is 18.4 Å². The highest BCUT2D eigenvalue weighted by Gasteiger charge is 2.35. The van der Waals surface area contributed by atoms with Crippen LogP contribution >= 0.6 is 0 Å². The van der Waals surface area contributed by atoms with Crippen LogP contribution in [0.3, 0.4) is 0 Å². The molecule has 1 fully saturated rings. The summed E-state index contributed by atoms with van der Waals surface area (Å²) >= 11 is 0. The fraction of sp³-hybridized carbons (Fsp3) is 0.269. The zero-order chi connectivity index (χ0) is 23.2. The molecule has 0 radical (unpaired) electrons. The van der Waals surface area contributed by atoms with Crippen molar-refractivity contribution in [2.75, 3.05) is 4.90 Å². The van der Waals surface area contributed by atoms with Gasteiger partial charge in [-0.2, -0.15) is 0 Å². The summed E-state index contributed by atoms with van der Waals surface area (Å²) in [6.07, 6.45) is 6.42. The van der Waals surface area contributed by atoms with Gasteiger partial charge in [0.2, 0.25) is 5.91 Å². The molecule has 4 rings (SSSR count). The molecule has 1 aromatic heterocycles. The minimum absolute atomic E-state index is 0.00854. The van der Waals surface area contributed by atoms with Gasteiger partial charge in [0.05, 0.1) is 0 Å². The van der Waals surface area contributed by atoms with Crippen molar-refractivity contribution in [2.45, 2.75) is 44.2 Å². The molecule has 1 unspecified atom stereocenters. The monoisotopic (exact) mass is 449 g/mol. The van der Waals surface area contributed by atoms with Gasteiger partial charge in [-0.3, -0.25) is 19.5 Å². The van der Waals surface area contributed by atoms with Gasteiger partial charge in [-0.25, -0.2) is 8.78 Å². The number of rotatable bonds is 6. The zero-order valence-corrected chi connectivity index (χ0v) is 18.1. The summed E-state index contributed by atoms with van der Waals surface area (Å²) in [6.45, 7) is 0. The Bertz CT molecular complexity index is 1080. The molecule has 1 aliphatic carbocycles. The van der Waals surface area contributed by atoms with Crippen LogP contribution in [0, 0.1) is 11.6 Å². The van der Waals surface area contributed by atoms with E-state index in [0.29, 0.717) is 11.3 Å². The van der Waals surface area contributed by atoms with Crippen molar-refractivity contribution in [1.29, 1.82) is 0 Å². The Morgan fingerprint density at radius 2 is 1.52 bits per heavy atom. The fourth-order valence-electron chi connectivity index (χ4n) is 4.19. The number of amides is 2. The van der Waals surface area contributed by atoms with Crippen molar-refractivity contribution in [1.82, 2.24) is 10.3 Å². The molecule has 0 spiro atoms. The summed E-state index contributed by atoms with van der Waals surface area (Å²) in [5.74, 6) is -1.80. The van der Waals surface area contributed by atoms with Crippen LogP contribution in [0.25, 0.3) is 0 Å². The molecule has 7 heteroatoms. The van der Waals surface area contributed by atoms with Crippen molar-refractivity contribution >= 4 is 17.5 Å². The molecule has 0 aliphatic heterocycles. The third kappa shape index (κ3) is 5.42. The SMILES string of the molecule is O=C(NC1CCCCC1)C(c1ccc(F)cc1)N(C(=O)c1ccccn1)c1ccc(F)cc1. The summed E-state index contributed by atoms with van der Waals surface area (Å²) < 4.78 is 27.4. The smallest absolute Gasteiger partial charge is 0.277 e. The van der Waals surface area contributed by atoms with Gasteiger partial charge in [0.1, 0.15) is 23.4 Å². The first-order valence-corrected chi connectivity index (χ1v) is 11.1. The van der Waals surface area contributed by atoms with Crippen LogP contribution in [0.5, 0.6) is 0 Å². The lowest BCUT2D eigenvalue weighted by molar-refractivity contribution is -0.123. The predicted molar refractivity (Wildman–Crippen MR) is 122 cm³/mol. The van der Waals surface area contributed by atoms with Crippen LogP contribution in [0.1, 0.15) is 54.2 Å². The molecule has 3 aromatic rings. The number of nitrogens with zero attached hydrogens (tertiary/aromatic N) is 2. The molecule has 0 saturated heterocycles. The quantitative estimate of drug-likeness (QED) is 0.563. The van der Waals surface area contributed by atoms with E-state index >= 15 is 0 Å². The van der Waals surface area contributed by atoms with E-state index in [1.54, 1.807) is 18.2 Å². The van der Waals surface area contributed by atoms with E-state index in [2.05, 4.69) is 10.3 Å². The first-order chi connectivity index (χ1) is 16.0. The lowest BCUT2D eigenvalue weighted by atomic mass is 9.94. The van der Waals surface area contributed by atoms with Crippen LogP contribution in [-0.2, 0) is 4.79 Å². The first-order valence-electron chi connectivity index (χ1n) is 11.1. The maximum absolute atomic E-state index is 13.7. The van der Waals surface area contributed by atoms with Gasteiger partial charge in [0.25, 0.3) is 5.91 Å². The standard InChI is InChI=1S/C26H25F2N3O2/c27-19-11-9-18(10-12-19)24(25(32)30-21-6-2-1-3-7-21)31(22-15-13-20(28)14-16-22)26(33)23-8-4-5-17-29-23/h4-5,8-17,21,24H,1-3,6-7H2,(H,30,32). The highest BCUT2D eigenvalue weighted by atomic mass is 19.1.